The number of fused-ring (bicyclic) bond motifs is 2. The SMILES string of the molecule is [C-]#[N+]C1=C(c2ccc(F)nc2C#N)/C(=C(/C#N)[N+]#[C-])c2c(F)c3c(c(F)c21)C(C#N)=C(c1ccc(F)nc1C#N)/C3=C(\C#N)[N+]#[C-]. The summed E-state index contributed by atoms with van der Waals surface area (Å²) in [5.74, 6) is -5.17. The summed E-state index contributed by atoms with van der Waals surface area (Å²) in [6.07, 6.45) is 0. The number of allylic oxidation sites excluding steroid dienone is 7. The van der Waals surface area contributed by atoms with E-state index < -0.39 is 102 Å². The molecule has 5 rings (SSSR count). The van der Waals surface area contributed by atoms with Crippen molar-refractivity contribution in [1.82, 2.24) is 9.97 Å². The van der Waals surface area contributed by atoms with Crippen LogP contribution in [-0.2, 0) is 0 Å². The molecule has 2 aliphatic rings. The summed E-state index contributed by atoms with van der Waals surface area (Å²) in [6, 6.07) is 11.5. The molecule has 0 spiro atoms. The first-order chi connectivity index (χ1) is 22.2. The van der Waals surface area contributed by atoms with E-state index in [4.69, 9.17) is 19.7 Å². The third kappa shape index (κ3) is 3.96. The van der Waals surface area contributed by atoms with Crippen molar-refractivity contribution < 1.29 is 17.6 Å². The third-order valence-corrected chi connectivity index (χ3v) is 6.96. The van der Waals surface area contributed by atoms with Crippen molar-refractivity contribution in [2.75, 3.05) is 0 Å². The van der Waals surface area contributed by atoms with Crippen molar-refractivity contribution in [3.05, 3.63) is 138 Å². The molecule has 2 aromatic heterocycles. The molecule has 0 N–H and O–H groups in total. The molecule has 0 aliphatic heterocycles. The lowest BCUT2D eigenvalue weighted by molar-refractivity contribution is 0.581. The maximum atomic E-state index is 17.1. The summed E-state index contributed by atoms with van der Waals surface area (Å²) in [7, 11) is 0. The standard InChI is InChI=1S/C32H4F4N10/c1-42-18(11-40)25-22(13-4-6-20(33)45-16(13)9-38)15(8-37)23-27(25)31(36)28-26(19(12-41)43-2)24(32(44-3)29(28)30(23)35)14-5-7-21(34)46-17(14)10-39/h4-7H/b25-18-,26-19+. The van der Waals surface area contributed by atoms with E-state index >= 15 is 8.78 Å². The lowest BCUT2D eigenvalue weighted by Crippen LogP contribution is -2.05. The van der Waals surface area contributed by atoms with Gasteiger partial charge in [-0.25, -0.2) is 43.8 Å². The highest BCUT2D eigenvalue weighted by Gasteiger charge is 2.44. The summed E-state index contributed by atoms with van der Waals surface area (Å²) in [5.41, 5.74) is -10.9. The van der Waals surface area contributed by atoms with Crippen molar-refractivity contribution in [2.45, 2.75) is 0 Å². The van der Waals surface area contributed by atoms with E-state index in [2.05, 4.69) is 24.5 Å². The Hall–Kier alpha value is -7.88. The summed E-state index contributed by atoms with van der Waals surface area (Å²) in [4.78, 5) is 16.4. The topological polar surface area (TPSA) is 158 Å². The van der Waals surface area contributed by atoms with Crippen LogP contribution in [0.15, 0.2) is 35.7 Å². The minimum atomic E-state index is -1.48. The number of aromatic nitrogens is 2. The molecule has 46 heavy (non-hydrogen) atoms. The highest BCUT2D eigenvalue weighted by molar-refractivity contribution is 6.29. The number of benzene rings is 1. The van der Waals surface area contributed by atoms with Gasteiger partial charge in [-0.05, 0) is 35.4 Å². The van der Waals surface area contributed by atoms with Crippen molar-refractivity contribution in [2.24, 2.45) is 0 Å². The molecule has 0 saturated carbocycles. The first kappa shape index (κ1) is 29.6. The van der Waals surface area contributed by atoms with E-state index in [9.17, 15) is 35.1 Å². The second-order valence-corrected chi connectivity index (χ2v) is 9.00. The Morgan fingerprint density at radius 2 is 1.07 bits per heavy atom. The number of nitrogens with zero attached hydrogens (tertiary/aromatic N) is 10. The molecule has 14 heteroatoms. The van der Waals surface area contributed by atoms with Crippen LogP contribution in [0.25, 0.3) is 48.1 Å². The van der Waals surface area contributed by atoms with E-state index in [0.717, 1.165) is 24.3 Å². The average molecular weight is 604 g/mol. The van der Waals surface area contributed by atoms with Crippen LogP contribution in [0, 0.1) is 99.9 Å². The first-order valence-electron chi connectivity index (χ1n) is 12.2. The maximum absolute atomic E-state index is 17.1. The average Bonchev–Trinajstić information content (AvgIpc) is 3.59. The molecule has 0 fully saturated rings. The molecular formula is C32H4F4N10. The molecule has 0 atom stereocenters. The molecule has 3 aromatic rings. The van der Waals surface area contributed by atoms with Crippen LogP contribution in [0.3, 0.4) is 0 Å². The molecule has 10 nitrogen and oxygen atoms in total. The predicted octanol–water partition coefficient (Wildman–Crippen LogP) is 6.33. The molecule has 0 radical (unpaired) electrons. The molecular weight excluding hydrogens is 600 g/mol. The zero-order valence-corrected chi connectivity index (χ0v) is 22.3. The van der Waals surface area contributed by atoms with Crippen molar-refractivity contribution in [3.8, 4) is 30.3 Å². The largest absolute Gasteiger partial charge is 0.270 e. The van der Waals surface area contributed by atoms with Gasteiger partial charge in [-0.2, -0.15) is 24.6 Å². The number of rotatable bonds is 2. The van der Waals surface area contributed by atoms with E-state index in [0.29, 0.717) is 0 Å². The molecule has 0 unspecified atom stereocenters. The van der Waals surface area contributed by atoms with Crippen LogP contribution in [0.1, 0.15) is 44.8 Å². The van der Waals surface area contributed by atoms with Gasteiger partial charge in [0.2, 0.25) is 17.6 Å². The first-order valence-corrected chi connectivity index (χ1v) is 12.2. The molecule has 210 valence electrons. The lowest BCUT2D eigenvalue weighted by atomic mass is 9.89. The zero-order chi connectivity index (χ0) is 33.4. The smallest absolute Gasteiger partial charge is 0.237 e. The number of halogens is 4. The molecule has 0 saturated heterocycles. The maximum Gasteiger partial charge on any atom is 0.270 e. The van der Waals surface area contributed by atoms with Gasteiger partial charge in [0.25, 0.3) is 11.4 Å². The normalized spacial score (nSPS) is 14.7. The van der Waals surface area contributed by atoms with Crippen LogP contribution in [0.5, 0.6) is 0 Å². The number of nitriles is 5. The van der Waals surface area contributed by atoms with E-state index in [1.165, 1.54) is 12.1 Å². The van der Waals surface area contributed by atoms with Gasteiger partial charge >= 0.3 is 0 Å². The molecule has 0 bridgehead atoms. The Morgan fingerprint density at radius 3 is 1.50 bits per heavy atom. The Kier molecular flexibility index (Phi) is 7.13. The summed E-state index contributed by atoms with van der Waals surface area (Å²) >= 11 is 0. The zero-order valence-electron chi connectivity index (χ0n) is 22.3. The van der Waals surface area contributed by atoms with Gasteiger partial charge in [-0.1, -0.05) is 0 Å². The highest BCUT2D eigenvalue weighted by Crippen LogP contribution is 2.58. The fraction of sp³-hybridized carbons (Fsp3) is 0. The van der Waals surface area contributed by atoms with Gasteiger partial charge < -0.3 is 0 Å². The van der Waals surface area contributed by atoms with Crippen molar-refractivity contribution in [3.63, 3.8) is 0 Å². The van der Waals surface area contributed by atoms with E-state index in [-0.39, 0.29) is 11.1 Å². The van der Waals surface area contributed by atoms with Crippen LogP contribution < -0.4 is 0 Å². The van der Waals surface area contributed by atoms with Gasteiger partial charge in [0.15, 0.2) is 5.69 Å². The predicted molar refractivity (Wildman–Crippen MR) is 148 cm³/mol. The Morgan fingerprint density at radius 1 is 0.609 bits per heavy atom. The van der Waals surface area contributed by atoms with Crippen molar-refractivity contribution in [1.29, 1.82) is 26.3 Å². The van der Waals surface area contributed by atoms with E-state index in [1.807, 2.05) is 0 Å². The minimum Gasteiger partial charge on any atom is -0.237 e. The minimum absolute atomic E-state index is 0.348. The molecule has 2 aliphatic carbocycles. The van der Waals surface area contributed by atoms with Gasteiger partial charge in [0.05, 0.1) is 37.4 Å². The fourth-order valence-corrected chi connectivity index (χ4v) is 5.31. The van der Waals surface area contributed by atoms with Gasteiger partial charge in [0.1, 0.15) is 35.5 Å². The van der Waals surface area contributed by atoms with Crippen LogP contribution in [0.2, 0.25) is 0 Å². The van der Waals surface area contributed by atoms with Gasteiger partial charge in [-0.3, -0.25) is 0 Å². The van der Waals surface area contributed by atoms with Crippen LogP contribution in [-0.4, -0.2) is 9.97 Å². The molecule has 0 amide bonds. The number of hydrogen-bond donors (Lipinski definition) is 0. The summed E-state index contributed by atoms with van der Waals surface area (Å²) < 4.78 is 61.9. The summed E-state index contributed by atoms with van der Waals surface area (Å²) in [5, 5.41) is 49.2. The second kappa shape index (κ2) is 11.1. The number of pyridine rings is 2. The quantitative estimate of drug-likeness (QED) is 0.143. The third-order valence-electron chi connectivity index (χ3n) is 6.96. The Balaban J connectivity index is 2.08. The van der Waals surface area contributed by atoms with Gasteiger partial charge in [0, 0.05) is 44.5 Å². The highest BCUT2D eigenvalue weighted by atomic mass is 19.1. The number of hydrogen-bond acceptors (Lipinski definition) is 7. The second-order valence-electron chi connectivity index (χ2n) is 9.00. The lowest BCUT2D eigenvalue weighted by Gasteiger charge is -2.15. The Bertz CT molecular complexity index is 2300. The van der Waals surface area contributed by atoms with Crippen LogP contribution >= 0.6 is 0 Å². The van der Waals surface area contributed by atoms with E-state index in [1.54, 1.807) is 18.2 Å². The monoisotopic (exact) mass is 604 g/mol. The fourth-order valence-electron chi connectivity index (χ4n) is 5.31. The van der Waals surface area contributed by atoms with Gasteiger partial charge in [-0.15, -0.1) is 0 Å². The van der Waals surface area contributed by atoms with Crippen molar-refractivity contribution >= 4 is 33.6 Å². The van der Waals surface area contributed by atoms with Crippen LogP contribution in [0.4, 0.5) is 17.6 Å². The Labute approximate surface area is 255 Å². The molecule has 1 aromatic carbocycles. The summed E-state index contributed by atoms with van der Waals surface area (Å²) in [6.45, 7) is 23.0. The molecule has 2 heterocycles.